The summed E-state index contributed by atoms with van der Waals surface area (Å²) in [4.78, 5) is 3.71. The van der Waals surface area contributed by atoms with Gasteiger partial charge in [-0.05, 0) is 44.9 Å². The molecule has 0 unspecified atom stereocenters. The fourth-order valence-corrected chi connectivity index (χ4v) is 4.17. The van der Waals surface area contributed by atoms with Crippen molar-refractivity contribution in [2.75, 3.05) is 16.3 Å². The quantitative estimate of drug-likeness (QED) is 0.686. The van der Waals surface area contributed by atoms with Gasteiger partial charge in [0, 0.05) is 23.5 Å². The number of benzene rings is 2. The predicted octanol–water partition coefficient (Wildman–Crippen LogP) is 5.35. The largest absolute Gasteiger partial charge is 0.413 e. The molecule has 2 nitrogen and oxygen atoms in total. The molecule has 5 heteroatoms. The van der Waals surface area contributed by atoms with Gasteiger partial charge in [0.15, 0.2) is 6.04 Å². The number of halogens is 3. The van der Waals surface area contributed by atoms with Gasteiger partial charge in [0.25, 0.3) is 0 Å². The van der Waals surface area contributed by atoms with E-state index in [0.29, 0.717) is 11.3 Å². The summed E-state index contributed by atoms with van der Waals surface area (Å²) in [6, 6.07) is 11.2. The summed E-state index contributed by atoms with van der Waals surface area (Å²) in [6.45, 7) is 4.59. The number of fused-ring (bicyclic) bond motifs is 3. The summed E-state index contributed by atoms with van der Waals surface area (Å²) in [6.07, 6.45) is -2.93. The minimum absolute atomic E-state index is 0.246. The summed E-state index contributed by atoms with van der Waals surface area (Å²) in [5.74, 6) is 0. The highest BCUT2D eigenvalue weighted by Gasteiger charge is 2.53. The van der Waals surface area contributed by atoms with Crippen molar-refractivity contribution in [3.8, 4) is 0 Å². The van der Waals surface area contributed by atoms with Crippen molar-refractivity contribution in [2.45, 2.75) is 45.1 Å². The van der Waals surface area contributed by atoms with E-state index >= 15 is 0 Å². The van der Waals surface area contributed by atoms with Crippen molar-refractivity contribution in [3.63, 3.8) is 0 Å². The summed E-state index contributed by atoms with van der Waals surface area (Å²) in [7, 11) is 0. The SMILES string of the molecule is Cc1ccc(N2[C@H]3CCCN3c3ccc(C)cc3[C@@H]2C(F)(F)F)cc1. The average Bonchev–Trinajstić information content (AvgIpc) is 3.02. The summed E-state index contributed by atoms with van der Waals surface area (Å²) < 4.78 is 42.5. The Bertz CT molecular complexity index is 783. The highest BCUT2D eigenvalue weighted by molar-refractivity contribution is 5.67. The van der Waals surface area contributed by atoms with E-state index in [9.17, 15) is 13.2 Å². The van der Waals surface area contributed by atoms with Crippen LogP contribution in [0.4, 0.5) is 24.5 Å². The maximum Gasteiger partial charge on any atom is 0.413 e. The second kappa shape index (κ2) is 5.68. The Labute approximate surface area is 145 Å². The average molecular weight is 346 g/mol. The maximum atomic E-state index is 14.2. The molecule has 0 radical (unpaired) electrons. The van der Waals surface area contributed by atoms with Crippen LogP contribution in [-0.2, 0) is 0 Å². The molecule has 2 aromatic carbocycles. The molecule has 132 valence electrons. The van der Waals surface area contributed by atoms with E-state index < -0.39 is 12.2 Å². The fourth-order valence-electron chi connectivity index (χ4n) is 4.17. The van der Waals surface area contributed by atoms with Crippen LogP contribution in [0.5, 0.6) is 0 Å². The molecule has 2 aliphatic heterocycles. The molecule has 2 aromatic rings. The number of rotatable bonds is 1. The van der Waals surface area contributed by atoms with E-state index in [1.807, 2.05) is 50.2 Å². The molecule has 2 heterocycles. The fraction of sp³-hybridized carbons (Fsp3) is 0.400. The second-order valence-electron chi connectivity index (χ2n) is 7.07. The molecule has 4 rings (SSSR count). The van der Waals surface area contributed by atoms with Crippen LogP contribution < -0.4 is 9.80 Å². The third-order valence-electron chi connectivity index (χ3n) is 5.25. The Kier molecular flexibility index (Phi) is 3.71. The smallest absolute Gasteiger partial charge is 0.351 e. The summed E-state index contributed by atoms with van der Waals surface area (Å²) in [5.41, 5.74) is 3.64. The van der Waals surface area contributed by atoms with Gasteiger partial charge in [0.2, 0.25) is 0 Å². The van der Waals surface area contributed by atoms with Crippen LogP contribution in [0.3, 0.4) is 0 Å². The molecule has 2 atom stereocenters. The highest BCUT2D eigenvalue weighted by atomic mass is 19.4. The maximum absolute atomic E-state index is 14.2. The van der Waals surface area contributed by atoms with Crippen molar-refractivity contribution in [3.05, 3.63) is 59.2 Å². The molecule has 1 fully saturated rings. The van der Waals surface area contributed by atoms with Crippen LogP contribution in [0.2, 0.25) is 0 Å². The Hall–Kier alpha value is -2.17. The summed E-state index contributed by atoms with van der Waals surface area (Å²) >= 11 is 0. The van der Waals surface area contributed by atoms with E-state index in [-0.39, 0.29) is 6.17 Å². The number of nitrogens with zero attached hydrogens (tertiary/aromatic N) is 2. The van der Waals surface area contributed by atoms with Crippen LogP contribution in [0.15, 0.2) is 42.5 Å². The first-order chi connectivity index (χ1) is 11.9. The van der Waals surface area contributed by atoms with Crippen molar-refractivity contribution >= 4 is 11.4 Å². The van der Waals surface area contributed by atoms with Gasteiger partial charge >= 0.3 is 6.18 Å². The van der Waals surface area contributed by atoms with Crippen molar-refractivity contribution in [1.29, 1.82) is 0 Å². The minimum atomic E-state index is -4.33. The van der Waals surface area contributed by atoms with E-state index in [1.165, 1.54) is 0 Å². The van der Waals surface area contributed by atoms with Crippen LogP contribution in [0.1, 0.15) is 35.6 Å². The monoisotopic (exact) mass is 346 g/mol. The van der Waals surface area contributed by atoms with Gasteiger partial charge in [-0.25, -0.2) is 0 Å². The zero-order valence-electron chi connectivity index (χ0n) is 14.3. The lowest BCUT2D eigenvalue weighted by Crippen LogP contribution is -2.54. The van der Waals surface area contributed by atoms with E-state index in [0.717, 1.165) is 36.2 Å². The molecular weight excluding hydrogens is 325 g/mol. The van der Waals surface area contributed by atoms with Crippen LogP contribution in [-0.4, -0.2) is 18.9 Å². The lowest BCUT2D eigenvalue weighted by Gasteiger charge is -2.49. The minimum Gasteiger partial charge on any atom is -0.351 e. The standard InChI is InChI=1S/C20H21F3N2/c1-13-5-8-15(9-6-13)25-18-4-3-11-24(18)17-10-7-14(2)12-16(17)19(25)20(21,22)23/h5-10,12,18-19H,3-4,11H2,1-2H3/t18-,19+/m0/s1. The molecule has 0 N–H and O–H groups in total. The van der Waals surface area contributed by atoms with Crippen LogP contribution in [0, 0.1) is 13.8 Å². The van der Waals surface area contributed by atoms with Crippen LogP contribution in [0.25, 0.3) is 0 Å². The molecule has 0 aromatic heterocycles. The lowest BCUT2D eigenvalue weighted by molar-refractivity contribution is -0.152. The first-order valence-corrected chi connectivity index (χ1v) is 8.65. The number of alkyl halides is 3. The number of hydrogen-bond acceptors (Lipinski definition) is 2. The van der Waals surface area contributed by atoms with E-state index in [2.05, 4.69) is 4.90 Å². The molecule has 0 saturated carbocycles. The van der Waals surface area contributed by atoms with Gasteiger partial charge in [-0.2, -0.15) is 13.2 Å². The number of anilines is 2. The van der Waals surface area contributed by atoms with Crippen LogP contribution >= 0.6 is 0 Å². The molecule has 0 amide bonds. The third kappa shape index (κ3) is 2.66. The molecule has 25 heavy (non-hydrogen) atoms. The first-order valence-electron chi connectivity index (χ1n) is 8.65. The second-order valence-corrected chi connectivity index (χ2v) is 7.07. The molecule has 0 spiro atoms. The normalized spacial score (nSPS) is 22.8. The Morgan fingerprint density at radius 1 is 0.960 bits per heavy atom. The summed E-state index contributed by atoms with van der Waals surface area (Å²) in [5, 5.41) is 0. The predicted molar refractivity (Wildman–Crippen MR) is 94.0 cm³/mol. The molecule has 0 bridgehead atoms. The highest BCUT2D eigenvalue weighted by Crippen LogP contribution is 2.51. The van der Waals surface area contributed by atoms with Crippen molar-refractivity contribution < 1.29 is 13.2 Å². The Morgan fingerprint density at radius 3 is 2.32 bits per heavy atom. The number of hydrogen-bond donors (Lipinski definition) is 0. The zero-order chi connectivity index (χ0) is 17.8. The van der Waals surface area contributed by atoms with Gasteiger partial charge < -0.3 is 9.80 Å². The van der Waals surface area contributed by atoms with Crippen molar-refractivity contribution in [2.24, 2.45) is 0 Å². The molecule has 2 aliphatic rings. The lowest BCUT2D eigenvalue weighted by atomic mass is 9.94. The molecule has 0 aliphatic carbocycles. The Balaban J connectivity index is 1.93. The van der Waals surface area contributed by atoms with Crippen molar-refractivity contribution in [1.82, 2.24) is 0 Å². The van der Waals surface area contributed by atoms with Gasteiger partial charge in [-0.15, -0.1) is 0 Å². The van der Waals surface area contributed by atoms with Gasteiger partial charge in [-0.3, -0.25) is 0 Å². The van der Waals surface area contributed by atoms with Gasteiger partial charge in [-0.1, -0.05) is 35.4 Å². The number of aryl methyl sites for hydroxylation is 2. The van der Waals surface area contributed by atoms with Gasteiger partial charge in [0.1, 0.15) is 6.17 Å². The van der Waals surface area contributed by atoms with E-state index in [1.54, 1.807) is 11.0 Å². The third-order valence-corrected chi connectivity index (χ3v) is 5.25. The zero-order valence-corrected chi connectivity index (χ0v) is 14.3. The first kappa shape index (κ1) is 16.3. The molecular formula is C20H21F3N2. The molecule has 1 saturated heterocycles. The Morgan fingerprint density at radius 2 is 1.64 bits per heavy atom. The topological polar surface area (TPSA) is 6.48 Å². The van der Waals surface area contributed by atoms with Gasteiger partial charge in [0.05, 0.1) is 0 Å². The van der Waals surface area contributed by atoms with E-state index in [4.69, 9.17) is 0 Å².